The van der Waals surface area contributed by atoms with Gasteiger partial charge in [0.1, 0.15) is 0 Å². The molecule has 4 aliphatic heterocycles. The standard InChI is InChI=1S/C22H40N2O6/c23-4-3-7-25-5-1-2-6-26-16-21(8-17-12-27-17,9-18-13-28-18)22(24,10-19-14-29-19)11-20-15-30-20/h17-20H,1-16,23-24H2. The quantitative estimate of drug-likeness (QED) is 0.231. The summed E-state index contributed by atoms with van der Waals surface area (Å²) >= 11 is 0. The van der Waals surface area contributed by atoms with Crippen molar-refractivity contribution in [2.24, 2.45) is 16.9 Å². The van der Waals surface area contributed by atoms with Crippen LogP contribution in [0.2, 0.25) is 0 Å². The summed E-state index contributed by atoms with van der Waals surface area (Å²) in [5.74, 6) is 0. The molecule has 4 aliphatic rings. The van der Waals surface area contributed by atoms with E-state index >= 15 is 0 Å². The van der Waals surface area contributed by atoms with Crippen LogP contribution in [0.5, 0.6) is 0 Å². The van der Waals surface area contributed by atoms with Gasteiger partial charge in [0.2, 0.25) is 0 Å². The first-order valence-corrected chi connectivity index (χ1v) is 11.7. The topological polar surface area (TPSA) is 121 Å². The van der Waals surface area contributed by atoms with Gasteiger partial charge in [0, 0.05) is 30.8 Å². The average Bonchev–Trinajstić information content (AvgIpc) is 3.52. The summed E-state index contributed by atoms with van der Waals surface area (Å²) in [6.45, 7) is 6.80. The Morgan fingerprint density at radius 2 is 1.10 bits per heavy atom. The summed E-state index contributed by atoms with van der Waals surface area (Å²) in [5.41, 5.74) is 12.1. The van der Waals surface area contributed by atoms with Crippen molar-refractivity contribution in [3.8, 4) is 0 Å². The first kappa shape index (κ1) is 22.9. The maximum atomic E-state index is 7.24. The molecule has 4 rings (SSSR count). The largest absolute Gasteiger partial charge is 0.381 e. The normalized spacial score (nSPS) is 33.0. The van der Waals surface area contributed by atoms with E-state index in [1.54, 1.807) is 0 Å². The molecule has 4 unspecified atom stereocenters. The second-order valence-corrected chi connectivity index (χ2v) is 9.59. The molecule has 0 aromatic carbocycles. The zero-order valence-electron chi connectivity index (χ0n) is 18.2. The lowest BCUT2D eigenvalue weighted by Gasteiger charge is -2.49. The van der Waals surface area contributed by atoms with Crippen molar-refractivity contribution in [1.29, 1.82) is 0 Å². The highest BCUT2D eigenvalue weighted by Gasteiger charge is 2.57. The Morgan fingerprint density at radius 1 is 0.667 bits per heavy atom. The van der Waals surface area contributed by atoms with Crippen LogP contribution in [-0.4, -0.2) is 89.4 Å². The maximum Gasteiger partial charge on any atom is 0.0827 e. The summed E-state index contributed by atoms with van der Waals surface area (Å²) < 4.78 is 34.4. The zero-order valence-corrected chi connectivity index (χ0v) is 18.2. The van der Waals surface area contributed by atoms with E-state index < -0.39 is 5.54 Å². The minimum absolute atomic E-state index is 0.190. The molecular formula is C22H40N2O6. The van der Waals surface area contributed by atoms with Crippen molar-refractivity contribution in [1.82, 2.24) is 0 Å². The minimum Gasteiger partial charge on any atom is -0.381 e. The molecule has 4 fully saturated rings. The Balaban J connectivity index is 1.34. The molecular weight excluding hydrogens is 388 g/mol. The summed E-state index contributed by atoms with van der Waals surface area (Å²) in [6.07, 6.45) is 7.53. The zero-order chi connectivity index (χ0) is 20.9. The fraction of sp³-hybridized carbons (Fsp3) is 1.00. The Bertz CT molecular complexity index is 492. The van der Waals surface area contributed by atoms with Crippen LogP contribution >= 0.6 is 0 Å². The van der Waals surface area contributed by atoms with Crippen molar-refractivity contribution >= 4 is 0 Å². The summed E-state index contributed by atoms with van der Waals surface area (Å²) in [5, 5.41) is 0. The molecule has 8 nitrogen and oxygen atoms in total. The highest BCUT2D eigenvalue weighted by Crippen LogP contribution is 2.50. The first-order valence-electron chi connectivity index (χ1n) is 11.7. The van der Waals surface area contributed by atoms with E-state index in [4.69, 9.17) is 39.9 Å². The fourth-order valence-electron chi connectivity index (χ4n) is 4.66. The van der Waals surface area contributed by atoms with Gasteiger partial charge in [-0.05, 0) is 51.5 Å². The molecule has 0 saturated carbocycles. The number of unbranched alkanes of at least 4 members (excludes halogenated alkanes) is 1. The highest BCUT2D eigenvalue weighted by atomic mass is 16.6. The van der Waals surface area contributed by atoms with E-state index in [0.29, 0.717) is 13.2 Å². The third-order valence-electron chi connectivity index (χ3n) is 6.78. The molecule has 0 aromatic heterocycles. The van der Waals surface area contributed by atoms with E-state index in [1.807, 2.05) is 0 Å². The smallest absolute Gasteiger partial charge is 0.0827 e. The predicted molar refractivity (Wildman–Crippen MR) is 111 cm³/mol. The second-order valence-electron chi connectivity index (χ2n) is 9.59. The lowest BCUT2D eigenvalue weighted by Crippen LogP contribution is -2.60. The van der Waals surface area contributed by atoms with Gasteiger partial charge in [-0.2, -0.15) is 0 Å². The molecule has 0 spiro atoms. The molecule has 4 saturated heterocycles. The van der Waals surface area contributed by atoms with Gasteiger partial charge in [0.05, 0.1) is 57.5 Å². The molecule has 4 heterocycles. The number of rotatable bonds is 19. The van der Waals surface area contributed by atoms with Gasteiger partial charge in [-0.3, -0.25) is 0 Å². The summed E-state index contributed by atoms with van der Waals surface area (Å²) in [7, 11) is 0. The Kier molecular flexibility index (Phi) is 8.02. The molecule has 0 aromatic rings. The molecule has 4 atom stereocenters. The van der Waals surface area contributed by atoms with Crippen LogP contribution in [0.1, 0.15) is 44.9 Å². The van der Waals surface area contributed by atoms with Gasteiger partial charge in [0.25, 0.3) is 0 Å². The monoisotopic (exact) mass is 428 g/mol. The van der Waals surface area contributed by atoms with Crippen LogP contribution in [0.3, 0.4) is 0 Å². The molecule has 8 heteroatoms. The SMILES string of the molecule is NCCCOCCCCOCC(CC1CO1)(CC1CO1)C(N)(CC1CO1)CC1CO1. The number of hydrogen-bond acceptors (Lipinski definition) is 8. The van der Waals surface area contributed by atoms with Gasteiger partial charge >= 0.3 is 0 Å². The molecule has 174 valence electrons. The molecule has 0 radical (unpaired) electrons. The van der Waals surface area contributed by atoms with E-state index in [2.05, 4.69) is 0 Å². The van der Waals surface area contributed by atoms with E-state index in [0.717, 1.165) is 91.2 Å². The summed E-state index contributed by atoms with van der Waals surface area (Å²) in [4.78, 5) is 0. The van der Waals surface area contributed by atoms with E-state index in [9.17, 15) is 0 Å². The van der Waals surface area contributed by atoms with Crippen molar-refractivity contribution in [2.75, 3.05) is 59.4 Å². The number of epoxide rings is 4. The van der Waals surface area contributed by atoms with Crippen LogP contribution in [0.15, 0.2) is 0 Å². The fourth-order valence-corrected chi connectivity index (χ4v) is 4.66. The number of hydrogen-bond donors (Lipinski definition) is 2. The highest BCUT2D eigenvalue weighted by molar-refractivity contribution is 5.10. The van der Waals surface area contributed by atoms with E-state index in [1.165, 1.54) is 0 Å². The van der Waals surface area contributed by atoms with Crippen molar-refractivity contribution in [3.63, 3.8) is 0 Å². The first-order chi connectivity index (χ1) is 14.6. The average molecular weight is 429 g/mol. The summed E-state index contributed by atoms with van der Waals surface area (Å²) in [6, 6.07) is 0. The number of ether oxygens (including phenoxy) is 6. The predicted octanol–water partition coefficient (Wildman–Crippen LogP) is 0.988. The van der Waals surface area contributed by atoms with Gasteiger partial charge in [-0.25, -0.2) is 0 Å². The van der Waals surface area contributed by atoms with Crippen LogP contribution in [0, 0.1) is 5.41 Å². The number of nitrogens with two attached hydrogens (primary N) is 2. The lowest BCUT2D eigenvalue weighted by atomic mass is 9.61. The Morgan fingerprint density at radius 3 is 1.57 bits per heavy atom. The third kappa shape index (κ3) is 7.10. The second kappa shape index (κ2) is 10.5. The molecule has 0 amide bonds. The Labute approximate surface area is 180 Å². The van der Waals surface area contributed by atoms with Crippen molar-refractivity contribution in [2.45, 2.75) is 74.9 Å². The van der Waals surface area contributed by atoms with Crippen molar-refractivity contribution in [3.05, 3.63) is 0 Å². The third-order valence-corrected chi connectivity index (χ3v) is 6.78. The van der Waals surface area contributed by atoms with Crippen molar-refractivity contribution < 1.29 is 28.4 Å². The molecule has 4 N–H and O–H groups in total. The van der Waals surface area contributed by atoms with Crippen LogP contribution in [-0.2, 0) is 28.4 Å². The molecule has 0 bridgehead atoms. The van der Waals surface area contributed by atoms with Gasteiger partial charge in [-0.15, -0.1) is 0 Å². The lowest BCUT2D eigenvalue weighted by molar-refractivity contribution is -0.0416. The molecule has 0 aliphatic carbocycles. The minimum atomic E-state index is -0.404. The van der Waals surface area contributed by atoms with Crippen LogP contribution < -0.4 is 11.5 Å². The maximum absolute atomic E-state index is 7.24. The van der Waals surface area contributed by atoms with Crippen LogP contribution in [0.4, 0.5) is 0 Å². The Hall–Kier alpha value is -0.320. The van der Waals surface area contributed by atoms with Gasteiger partial charge in [0.15, 0.2) is 0 Å². The van der Waals surface area contributed by atoms with E-state index in [-0.39, 0.29) is 29.8 Å². The molecule has 30 heavy (non-hydrogen) atoms. The van der Waals surface area contributed by atoms with Gasteiger partial charge < -0.3 is 39.9 Å². The van der Waals surface area contributed by atoms with Crippen LogP contribution in [0.25, 0.3) is 0 Å². The van der Waals surface area contributed by atoms with Gasteiger partial charge in [-0.1, -0.05) is 0 Å².